The van der Waals surface area contributed by atoms with E-state index in [4.69, 9.17) is 0 Å². The minimum Gasteiger partial charge on any atom is -0.307 e. The van der Waals surface area contributed by atoms with Crippen molar-refractivity contribution in [2.24, 2.45) is 5.92 Å². The second kappa shape index (κ2) is 4.37. The van der Waals surface area contributed by atoms with E-state index in [0.717, 1.165) is 18.7 Å². The maximum Gasteiger partial charge on any atom is 0.151 e. The lowest BCUT2D eigenvalue weighted by Gasteiger charge is -2.36. The van der Waals surface area contributed by atoms with Crippen LogP contribution in [0.15, 0.2) is 0 Å². The lowest BCUT2D eigenvalue weighted by atomic mass is 10.2. The predicted octanol–water partition coefficient (Wildman–Crippen LogP) is 3.42. The summed E-state index contributed by atoms with van der Waals surface area (Å²) >= 11 is 0. The Morgan fingerprint density at radius 3 is 2.00 bits per heavy atom. The summed E-state index contributed by atoms with van der Waals surface area (Å²) in [5.74, 6) is 0.654. The molecule has 0 saturated carbocycles. The van der Waals surface area contributed by atoms with Crippen LogP contribution in [0.4, 0.5) is 0 Å². The molecule has 1 fully saturated rings. The smallest absolute Gasteiger partial charge is 0.151 e. The Balaban J connectivity index is 2.83. The fourth-order valence-electron chi connectivity index (χ4n) is 2.74. The zero-order valence-electron chi connectivity index (χ0n) is 10.2. The molecule has 14 heavy (non-hydrogen) atoms. The Bertz CT molecular complexity index is 229. The minimum atomic E-state index is -2.02. The Morgan fingerprint density at radius 2 is 1.71 bits per heavy atom. The quantitative estimate of drug-likeness (QED) is 0.675. The van der Waals surface area contributed by atoms with Gasteiger partial charge in [-0.05, 0) is 40.0 Å². The van der Waals surface area contributed by atoms with Crippen LogP contribution in [0.2, 0.25) is 0 Å². The summed E-state index contributed by atoms with van der Waals surface area (Å²) < 4.78 is 15.0. The van der Waals surface area contributed by atoms with Gasteiger partial charge in [-0.15, -0.1) is 0 Å². The lowest BCUT2D eigenvalue weighted by molar-refractivity contribution is 0.301. The molecule has 0 bridgehead atoms. The zero-order valence-corrected chi connectivity index (χ0v) is 11.1. The molecule has 2 atom stereocenters. The van der Waals surface area contributed by atoms with Crippen LogP contribution in [0.5, 0.6) is 0 Å². The van der Waals surface area contributed by atoms with E-state index >= 15 is 0 Å². The molecule has 0 aromatic carbocycles. The standard InChI is InChI=1S/C11H24NOP/c1-9(2)12(10(3)4)14(13)7-6-11(5)8-14/h9-11H,6-8H2,1-5H3. The van der Waals surface area contributed by atoms with Crippen molar-refractivity contribution in [3.05, 3.63) is 0 Å². The van der Waals surface area contributed by atoms with Crippen molar-refractivity contribution in [2.75, 3.05) is 12.3 Å². The molecule has 0 aliphatic carbocycles. The maximum atomic E-state index is 12.7. The van der Waals surface area contributed by atoms with E-state index in [1.807, 2.05) is 0 Å². The van der Waals surface area contributed by atoms with Crippen LogP contribution in [0.3, 0.4) is 0 Å². The molecule has 84 valence electrons. The maximum absolute atomic E-state index is 12.7. The topological polar surface area (TPSA) is 20.3 Å². The molecule has 2 nitrogen and oxygen atoms in total. The second-order valence-electron chi connectivity index (χ2n) is 5.21. The van der Waals surface area contributed by atoms with Gasteiger partial charge in [-0.25, -0.2) is 4.67 Å². The molecule has 0 N–H and O–H groups in total. The van der Waals surface area contributed by atoms with Crippen LogP contribution >= 0.6 is 7.29 Å². The predicted molar refractivity (Wildman–Crippen MR) is 63.2 cm³/mol. The van der Waals surface area contributed by atoms with Gasteiger partial charge in [-0.2, -0.15) is 0 Å². The number of hydrogen-bond acceptors (Lipinski definition) is 1. The van der Waals surface area contributed by atoms with Gasteiger partial charge in [0.15, 0.2) is 7.29 Å². The molecule has 0 aromatic rings. The summed E-state index contributed by atoms with van der Waals surface area (Å²) in [6.07, 6.45) is 3.01. The molecule has 0 amide bonds. The van der Waals surface area contributed by atoms with Crippen molar-refractivity contribution in [3.63, 3.8) is 0 Å². The van der Waals surface area contributed by atoms with Crippen molar-refractivity contribution in [2.45, 2.75) is 53.1 Å². The first-order valence-electron chi connectivity index (χ1n) is 5.73. The van der Waals surface area contributed by atoms with E-state index < -0.39 is 7.29 Å². The lowest BCUT2D eigenvalue weighted by Crippen LogP contribution is -2.34. The van der Waals surface area contributed by atoms with E-state index in [9.17, 15) is 4.57 Å². The van der Waals surface area contributed by atoms with Gasteiger partial charge in [-0.3, -0.25) is 0 Å². The summed E-state index contributed by atoms with van der Waals surface area (Å²) in [4.78, 5) is 0. The zero-order chi connectivity index (χ0) is 10.9. The molecular weight excluding hydrogens is 193 g/mol. The average Bonchev–Trinajstić information content (AvgIpc) is 2.28. The summed E-state index contributed by atoms with van der Waals surface area (Å²) in [7, 11) is -2.02. The largest absolute Gasteiger partial charge is 0.307 e. The molecule has 3 heteroatoms. The van der Waals surface area contributed by atoms with Crippen molar-refractivity contribution in [1.82, 2.24) is 4.67 Å². The van der Waals surface area contributed by atoms with Gasteiger partial charge in [0.1, 0.15) is 0 Å². The van der Waals surface area contributed by atoms with Crippen LogP contribution in [0.1, 0.15) is 41.0 Å². The Morgan fingerprint density at radius 1 is 1.21 bits per heavy atom. The van der Waals surface area contributed by atoms with Crippen molar-refractivity contribution >= 4 is 7.29 Å². The van der Waals surface area contributed by atoms with Gasteiger partial charge in [0.25, 0.3) is 0 Å². The number of nitrogens with zero attached hydrogens (tertiary/aromatic N) is 1. The molecule has 0 radical (unpaired) electrons. The molecule has 1 rings (SSSR count). The third-order valence-corrected chi connectivity index (χ3v) is 6.96. The SMILES string of the molecule is CC1CCP(=O)(N(C(C)C)C(C)C)C1. The Hall–Kier alpha value is 0.190. The molecule has 0 aromatic heterocycles. The molecule has 1 saturated heterocycles. The first-order valence-corrected chi connectivity index (χ1v) is 7.76. The normalized spacial score (nSPS) is 33.6. The summed E-state index contributed by atoms with van der Waals surface area (Å²) in [6, 6.07) is 0.817. The van der Waals surface area contributed by atoms with E-state index in [1.165, 1.54) is 0 Å². The minimum absolute atomic E-state index is 0.408. The highest BCUT2D eigenvalue weighted by atomic mass is 31.2. The van der Waals surface area contributed by atoms with Crippen LogP contribution in [0, 0.1) is 5.92 Å². The van der Waals surface area contributed by atoms with E-state index in [-0.39, 0.29) is 0 Å². The highest BCUT2D eigenvalue weighted by Crippen LogP contribution is 2.58. The van der Waals surface area contributed by atoms with Crippen LogP contribution < -0.4 is 0 Å². The Kier molecular flexibility index (Phi) is 3.82. The fraction of sp³-hybridized carbons (Fsp3) is 1.00. The number of hydrogen-bond donors (Lipinski definition) is 0. The van der Waals surface area contributed by atoms with Gasteiger partial charge in [0.2, 0.25) is 0 Å². The summed E-state index contributed by atoms with van der Waals surface area (Å²) in [6.45, 7) is 10.8. The Labute approximate surface area is 88.5 Å². The highest BCUT2D eigenvalue weighted by molar-refractivity contribution is 7.61. The summed E-state index contributed by atoms with van der Waals surface area (Å²) in [5.41, 5.74) is 0. The van der Waals surface area contributed by atoms with Crippen molar-refractivity contribution in [3.8, 4) is 0 Å². The first kappa shape index (κ1) is 12.3. The van der Waals surface area contributed by atoms with Gasteiger partial charge in [-0.1, -0.05) is 6.92 Å². The highest BCUT2D eigenvalue weighted by Gasteiger charge is 2.39. The van der Waals surface area contributed by atoms with Crippen LogP contribution in [0.25, 0.3) is 0 Å². The van der Waals surface area contributed by atoms with Crippen LogP contribution in [-0.2, 0) is 4.57 Å². The molecule has 1 heterocycles. The van der Waals surface area contributed by atoms with E-state index in [1.54, 1.807) is 0 Å². The van der Waals surface area contributed by atoms with Crippen molar-refractivity contribution in [1.29, 1.82) is 0 Å². The first-order chi connectivity index (χ1) is 6.37. The molecular formula is C11H24NOP. The van der Waals surface area contributed by atoms with Gasteiger partial charge < -0.3 is 4.57 Å². The van der Waals surface area contributed by atoms with Gasteiger partial charge in [0, 0.05) is 24.4 Å². The number of rotatable bonds is 3. The van der Waals surface area contributed by atoms with Crippen molar-refractivity contribution < 1.29 is 4.57 Å². The fourth-order valence-corrected chi connectivity index (χ4v) is 7.03. The molecule has 0 spiro atoms. The van der Waals surface area contributed by atoms with Crippen LogP contribution in [-0.4, -0.2) is 29.1 Å². The molecule has 1 aliphatic heterocycles. The average molecular weight is 217 g/mol. The molecule has 1 aliphatic rings. The van der Waals surface area contributed by atoms with E-state index in [0.29, 0.717) is 18.0 Å². The molecule has 2 unspecified atom stereocenters. The second-order valence-corrected chi connectivity index (χ2v) is 8.18. The van der Waals surface area contributed by atoms with Gasteiger partial charge in [0.05, 0.1) is 0 Å². The third kappa shape index (κ3) is 2.41. The van der Waals surface area contributed by atoms with Gasteiger partial charge >= 0.3 is 0 Å². The van der Waals surface area contributed by atoms with E-state index in [2.05, 4.69) is 39.3 Å². The monoisotopic (exact) mass is 217 g/mol. The summed E-state index contributed by atoms with van der Waals surface area (Å²) in [5, 5.41) is 0. The third-order valence-electron chi connectivity index (χ3n) is 3.05.